The summed E-state index contributed by atoms with van der Waals surface area (Å²) in [7, 11) is 0. The Morgan fingerprint density at radius 3 is 2.38 bits per heavy atom. The summed E-state index contributed by atoms with van der Waals surface area (Å²) in [5.74, 6) is -0.891. The molecule has 0 radical (unpaired) electrons. The van der Waals surface area contributed by atoms with Crippen molar-refractivity contribution in [2.45, 2.75) is 61.2 Å². The van der Waals surface area contributed by atoms with E-state index in [1.165, 1.54) is 18.2 Å². The van der Waals surface area contributed by atoms with Gasteiger partial charge in [-0.15, -0.1) is 0 Å². The van der Waals surface area contributed by atoms with Crippen molar-refractivity contribution in [1.29, 1.82) is 0 Å². The summed E-state index contributed by atoms with van der Waals surface area (Å²) >= 11 is 0. The van der Waals surface area contributed by atoms with Crippen molar-refractivity contribution < 1.29 is 69.3 Å². The molecule has 14 heteroatoms. The van der Waals surface area contributed by atoms with E-state index in [1.54, 1.807) is 12.1 Å². The van der Waals surface area contributed by atoms with Gasteiger partial charge in [0.05, 0.1) is 26.2 Å². The number of fused-ring (bicyclic) bond motifs is 1. The Hall–Kier alpha value is -3.05. The van der Waals surface area contributed by atoms with Crippen LogP contribution in [0.2, 0.25) is 0 Å². The van der Waals surface area contributed by atoms with Gasteiger partial charge in [0.1, 0.15) is 70.8 Å². The number of hydrogen-bond acceptors (Lipinski definition) is 14. The Bertz CT molecular complexity index is 1220. The molecule has 0 bridgehead atoms. The Morgan fingerprint density at radius 2 is 1.70 bits per heavy atom. The van der Waals surface area contributed by atoms with E-state index < -0.39 is 86.2 Å². The lowest BCUT2D eigenvalue weighted by Crippen LogP contribution is -2.60. The largest absolute Gasteiger partial charge is 0.508 e. The first-order chi connectivity index (χ1) is 19.0. The molecule has 0 amide bonds. The second-order valence-corrected chi connectivity index (χ2v) is 9.99. The summed E-state index contributed by atoms with van der Waals surface area (Å²) in [6.45, 7) is -1.66. The fourth-order valence-corrected chi connectivity index (χ4v) is 4.77. The van der Waals surface area contributed by atoms with Crippen molar-refractivity contribution in [2.24, 2.45) is 0 Å². The average Bonchev–Trinajstić information content (AvgIpc) is 3.21. The van der Waals surface area contributed by atoms with Crippen molar-refractivity contribution in [3.05, 3.63) is 47.5 Å². The van der Waals surface area contributed by atoms with Gasteiger partial charge in [-0.1, -0.05) is 12.1 Å². The maximum absolute atomic E-state index is 12.8. The SMILES string of the molecule is O=C1C[C@@H](c2ccc(O)cc2)Oc2cc(O[C@@H]3O[C@H](CO[C@@H]4OC[C@](O)(CO)[C@H]4O)[C@@H](O)[C@H](O)[C@H]3O)cc(O)c21. The molecule has 2 fully saturated rings. The van der Waals surface area contributed by atoms with Gasteiger partial charge in [0, 0.05) is 12.1 Å². The number of carbonyl (C=O) groups excluding carboxylic acids is 1. The van der Waals surface area contributed by atoms with E-state index >= 15 is 0 Å². The zero-order valence-corrected chi connectivity index (χ0v) is 20.9. The smallest absolute Gasteiger partial charge is 0.229 e. The third kappa shape index (κ3) is 5.33. The lowest BCUT2D eigenvalue weighted by atomic mass is 9.95. The van der Waals surface area contributed by atoms with Crippen LogP contribution in [0.25, 0.3) is 0 Å². The molecule has 0 saturated carbocycles. The number of ether oxygens (including phenoxy) is 5. The number of phenols is 2. The fourth-order valence-electron chi connectivity index (χ4n) is 4.77. The van der Waals surface area contributed by atoms with E-state index in [-0.39, 0.29) is 29.2 Å². The van der Waals surface area contributed by atoms with E-state index in [4.69, 9.17) is 23.7 Å². The molecule has 3 aliphatic heterocycles. The molecule has 0 spiro atoms. The molecule has 3 heterocycles. The summed E-state index contributed by atoms with van der Waals surface area (Å²) < 4.78 is 27.7. The van der Waals surface area contributed by atoms with E-state index in [0.717, 1.165) is 6.07 Å². The highest BCUT2D eigenvalue weighted by Gasteiger charge is 2.50. The van der Waals surface area contributed by atoms with Gasteiger partial charge in [-0.05, 0) is 17.7 Å². The van der Waals surface area contributed by atoms with Gasteiger partial charge in [0.15, 0.2) is 12.1 Å². The number of hydrogen-bond donors (Lipinski definition) is 8. The zero-order valence-electron chi connectivity index (χ0n) is 20.9. The molecular weight excluding hydrogens is 536 g/mol. The number of rotatable bonds is 7. The zero-order chi connectivity index (χ0) is 28.8. The number of aliphatic hydroxyl groups excluding tert-OH is 5. The molecule has 8 N–H and O–H groups in total. The molecule has 2 saturated heterocycles. The normalized spacial score (nSPS) is 35.7. The predicted octanol–water partition coefficient (Wildman–Crippen LogP) is -1.55. The van der Waals surface area contributed by atoms with Crippen molar-refractivity contribution in [3.8, 4) is 23.0 Å². The molecule has 0 aromatic heterocycles. The number of benzene rings is 2. The third-order valence-electron chi connectivity index (χ3n) is 7.16. The van der Waals surface area contributed by atoms with Crippen LogP contribution in [0.4, 0.5) is 0 Å². The van der Waals surface area contributed by atoms with Crippen LogP contribution in [0.1, 0.15) is 28.4 Å². The van der Waals surface area contributed by atoms with Crippen molar-refractivity contribution in [1.82, 2.24) is 0 Å². The summed E-state index contributed by atoms with van der Waals surface area (Å²) in [5, 5.41) is 80.8. The highest BCUT2D eigenvalue weighted by Crippen LogP contribution is 2.42. The molecule has 5 rings (SSSR count). The average molecular weight is 567 g/mol. The minimum absolute atomic E-state index is 0.00108. The summed E-state index contributed by atoms with van der Waals surface area (Å²) in [4.78, 5) is 12.8. The van der Waals surface area contributed by atoms with Crippen LogP contribution in [0.5, 0.6) is 23.0 Å². The molecule has 9 atom stereocenters. The molecule has 14 nitrogen and oxygen atoms in total. The van der Waals surface area contributed by atoms with Gasteiger partial charge < -0.3 is 64.5 Å². The molecule has 0 unspecified atom stereocenters. The molecule has 3 aliphatic rings. The van der Waals surface area contributed by atoms with Crippen LogP contribution in [0.3, 0.4) is 0 Å². The highest BCUT2D eigenvalue weighted by atomic mass is 16.7. The van der Waals surface area contributed by atoms with Crippen LogP contribution in [0, 0.1) is 0 Å². The number of ketones is 1. The minimum Gasteiger partial charge on any atom is -0.508 e. The fraction of sp³-hybridized carbons (Fsp3) is 0.500. The van der Waals surface area contributed by atoms with Crippen LogP contribution < -0.4 is 9.47 Å². The number of Topliss-reactive ketones (excluding diaryl/α,β-unsaturated/α-hetero) is 1. The Labute approximate surface area is 227 Å². The van der Waals surface area contributed by atoms with Gasteiger partial charge >= 0.3 is 0 Å². The van der Waals surface area contributed by atoms with Crippen LogP contribution in [-0.2, 0) is 14.2 Å². The molecule has 2 aromatic carbocycles. The van der Waals surface area contributed by atoms with Crippen LogP contribution >= 0.6 is 0 Å². The van der Waals surface area contributed by atoms with Gasteiger partial charge in [-0.3, -0.25) is 4.79 Å². The Balaban J connectivity index is 1.30. The first-order valence-corrected chi connectivity index (χ1v) is 12.5. The second-order valence-electron chi connectivity index (χ2n) is 9.99. The molecule has 40 heavy (non-hydrogen) atoms. The quantitative estimate of drug-likeness (QED) is 0.190. The molecule has 2 aromatic rings. The van der Waals surface area contributed by atoms with Gasteiger partial charge in [-0.25, -0.2) is 0 Å². The molecule has 0 aliphatic carbocycles. The van der Waals surface area contributed by atoms with E-state index in [0.29, 0.717) is 5.56 Å². The lowest BCUT2D eigenvalue weighted by molar-refractivity contribution is -0.289. The van der Waals surface area contributed by atoms with Crippen molar-refractivity contribution in [3.63, 3.8) is 0 Å². The molecular formula is C26H30O14. The van der Waals surface area contributed by atoms with Gasteiger partial charge in [0.2, 0.25) is 6.29 Å². The first kappa shape index (κ1) is 28.5. The summed E-state index contributed by atoms with van der Waals surface area (Å²) in [6, 6.07) is 8.50. The highest BCUT2D eigenvalue weighted by molar-refractivity contribution is 6.02. The summed E-state index contributed by atoms with van der Waals surface area (Å²) in [6.07, 6.45) is -11.8. The van der Waals surface area contributed by atoms with E-state index in [1.807, 2.05) is 0 Å². The molecule has 218 valence electrons. The summed E-state index contributed by atoms with van der Waals surface area (Å²) in [5.41, 5.74) is -1.38. The van der Waals surface area contributed by atoms with E-state index in [9.17, 15) is 45.6 Å². The number of carbonyl (C=O) groups is 1. The van der Waals surface area contributed by atoms with E-state index in [2.05, 4.69) is 0 Å². The topological polar surface area (TPSA) is 225 Å². The monoisotopic (exact) mass is 566 g/mol. The number of aromatic hydroxyl groups is 2. The number of phenolic OH excluding ortho intramolecular Hbond substituents is 2. The second kappa shape index (κ2) is 11.1. The van der Waals surface area contributed by atoms with Crippen molar-refractivity contribution >= 4 is 5.78 Å². The predicted molar refractivity (Wildman–Crippen MR) is 130 cm³/mol. The Morgan fingerprint density at radius 1 is 0.975 bits per heavy atom. The third-order valence-corrected chi connectivity index (χ3v) is 7.16. The van der Waals surface area contributed by atoms with Crippen molar-refractivity contribution in [2.75, 3.05) is 19.8 Å². The number of aliphatic hydroxyl groups is 6. The van der Waals surface area contributed by atoms with Crippen LogP contribution in [0.15, 0.2) is 36.4 Å². The van der Waals surface area contributed by atoms with Crippen LogP contribution in [-0.4, -0.2) is 115 Å². The Kier molecular flexibility index (Phi) is 7.89. The minimum atomic E-state index is -1.93. The van der Waals surface area contributed by atoms with Gasteiger partial charge in [0.25, 0.3) is 0 Å². The van der Waals surface area contributed by atoms with Gasteiger partial charge in [-0.2, -0.15) is 0 Å². The maximum atomic E-state index is 12.8. The first-order valence-electron chi connectivity index (χ1n) is 12.5. The lowest BCUT2D eigenvalue weighted by Gasteiger charge is -2.40. The standard InChI is InChI=1S/C26H30O14/c27-9-26(35)10-37-25(23(26)34)36-8-18-20(31)21(32)22(33)24(40-18)38-13-5-14(29)19-15(30)7-16(39-17(19)6-13)11-1-3-12(28)4-2-11/h1-6,16,18,20-25,27-29,31-35H,7-10H2/t16-,18+,20+,21-,22+,23-,24+,25+,26+/m0/s1. The maximum Gasteiger partial charge on any atom is 0.229 e.